The van der Waals surface area contributed by atoms with E-state index in [0.717, 1.165) is 37.1 Å². The highest BCUT2D eigenvalue weighted by atomic mass is 16.2. The van der Waals surface area contributed by atoms with Gasteiger partial charge >= 0.3 is 0 Å². The Morgan fingerprint density at radius 1 is 1.11 bits per heavy atom. The van der Waals surface area contributed by atoms with E-state index in [4.69, 9.17) is 0 Å². The van der Waals surface area contributed by atoms with E-state index in [1.165, 1.54) is 6.42 Å². The standard InChI is InChI=1S/C15H18N2O2/c18-14(16-8-4-1-5-9-16)11-17-10-12-6-2-3-7-13(12)15(17)19/h2-3,6-7H,1,4-5,8-11H2. The average Bonchev–Trinajstić information content (AvgIpc) is 2.77. The molecule has 0 spiro atoms. The Labute approximate surface area is 113 Å². The normalized spacial score (nSPS) is 18.6. The van der Waals surface area contributed by atoms with Crippen LogP contribution in [0.3, 0.4) is 0 Å². The van der Waals surface area contributed by atoms with E-state index in [9.17, 15) is 9.59 Å². The number of carbonyl (C=O) groups excluding carboxylic acids is 2. The molecular weight excluding hydrogens is 240 g/mol. The fourth-order valence-electron chi connectivity index (χ4n) is 2.85. The van der Waals surface area contributed by atoms with Crippen LogP contribution in [0, 0.1) is 0 Å². The second kappa shape index (κ2) is 5.03. The molecule has 1 aromatic carbocycles. The van der Waals surface area contributed by atoms with E-state index < -0.39 is 0 Å². The number of piperidine rings is 1. The first-order valence-electron chi connectivity index (χ1n) is 6.90. The number of hydrogen-bond acceptors (Lipinski definition) is 2. The third-order valence-electron chi connectivity index (χ3n) is 3.93. The van der Waals surface area contributed by atoms with Crippen molar-refractivity contribution in [3.05, 3.63) is 35.4 Å². The maximum Gasteiger partial charge on any atom is 0.254 e. The number of carbonyl (C=O) groups is 2. The smallest absolute Gasteiger partial charge is 0.254 e. The molecule has 0 N–H and O–H groups in total. The van der Waals surface area contributed by atoms with Crippen LogP contribution >= 0.6 is 0 Å². The fourth-order valence-corrected chi connectivity index (χ4v) is 2.85. The summed E-state index contributed by atoms with van der Waals surface area (Å²) in [5.74, 6) is 0.0711. The zero-order valence-electron chi connectivity index (χ0n) is 11.0. The van der Waals surface area contributed by atoms with Gasteiger partial charge in [0.05, 0.1) is 0 Å². The molecule has 2 amide bonds. The fraction of sp³-hybridized carbons (Fsp3) is 0.467. The molecule has 1 fully saturated rings. The van der Waals surface area contributed by atoms with Gasteiger partial charge in [0, 0.05) is 25.2 Å². The molecule has 19 heavy (non-hydrogen) atoms. The number of rotatable bonds is 2. The lowest BCUT2D eigenvalue weighted by Crippen LogP contribution is -2.42. The summed E-state index contributed by atoms with van der Waals surface area (Å²) in [6, 6.07) is 7.59. The minimum Gasteiger partial charge on any atom is -0.341 e. The molecule has 0 unspecified atom stereocenters. The molecule has 0 aliphatic carbocycles. The molecule has 4 nitrogen and oxygen atoms in total. The number of fused-ring (bicyclic) bond motifs is 1. The Morgan fingerprint density at radius 3 is 2.58 bits per heavy atom. The van der Waals surface area contributed by atoms with Crippen LogP contribution < -0.4 is 0 Å². The summed E-state index contributed by atoms with van der Waals surface area (Å²) in [4.78, 5) is 27.9. The zero-order valence-corrected chi connectivity index (χ0v) is 11.0. The quantitative estimate of drug-likeness (QED) is 0.809. The first-order valence-corrected chi connectivity index (χ1v) is 6.90. The third-order valence-corrected chi connectivity index (χ3v) is 3.93. The molecule has 1 aromatic rings. The number of likely N-dealkylation sites (tertiary alicyclic amines) is 1. The summed E-state index contributed by atoms with van der Waals surface area (Å²) in [5, 5.41) is 0. The van der Waals surface area contributed by atoms with Crippen LogP contribution in [0.1, 0.15) is 35.2 Å². The lowest BCUT2D eigenvalue weighted by molar-refractivity contribution is -0.132. The largest absolute Gasteiger partial charge is 0.341 e. The molecule has 2 aliphatic heterocycles. The van der Waals surface area contributed by atoms with Crippen molar-refractivity contribution in [3.8, 4) is 0 Å². The van der Waals surface area contributed by atoms with Gasteiger partial charge in [-0.1, -0.05) is 18.2 Å². The average molecular weight is 258 g/mol. The van der Waals surface area contributed by atoms with E-state index in [0.29, 0.717) is 6.54 Å². The first kappa shape index (κ1) is 12.2. The zero-order chi connectivity index (χ0) is 13.2. The molecule has 2 aliphatic rings. The predicted molar refractivity (Wildman–Crippen MR) is 71.6 cm³/mol. The van der Waals surface area contributed by atoms with E-state index >= 15 is 0 Å². The molecule has 3 rings (SSSR count). The van der Waals surface area contributed by atoms with Crippen molar-refractivity contribution in [2.75, 3.05) is 19.6 Å². The van der Waals surface area contributed by atoms with Gasteiger partial charge in [0.15, 0.2) is 0 Å². The SMILES string of the molecule is O=C(CN1Cc2ccccc2C1=O)N1CCCCC1. The topological polar surface area (TPSA) is 40.6 Å². The number of nitrogens with zero attached hydrogens (tertiary/aromatic N) is 2. The highest BCUT2D eigenvalue weighted by Gasteiger charge is 2.29. The van der Waals surface area contributed by atoms with E-state index in [1.807, 2.05) is 29.2 Å². The van der Waals surface area contributed by atoms with Gasteiger partial charge < -0.3 is 9.80 Å². The molecule has 0 saturated carbocycles. The van der Waals surface area contributed by atoms with Gasteiger partial charge in [0.2, 0.25) is 5.91 Å². The maximum atomic E-state index is 12.2. The monoisotopic (exact) mass is 258 g/mol. The molecule has 100 valence electrons. The molecule has 0 atom stereocenters. The second-order valence-electron chi connectivity index (χ2n) is 5.26. The molecule has 4 heteroatoms. The van der Waals surface area contributed by atoms with Crippen molar-refractivity contribution in [2.24, 2.45) is 0 Å². The highest BCUT2D eigenvalue weighted by Crippen LogP contribution is 2.22. The molecule has 0 bridgehead atoms. The van der Waals surface area contributed by atoms with Gasteiger partial charge in [-0.05, 0) is 30.9 Å². The highest BCUT2D eigenvalue weighted by molar-refractivity contribution is 6.00. The van der Waals surface area contributed by atoms with Crippen molar-refractivity contribution >= 4 is 11.8 Å². The molecule has 1 saturated heterocycles. The van der Waals surface area contributed by atoms with Crippen LogP contribution in [0.15, 0.2) is 24.3 Å². The van der Waals surface area contributed by atoms with Gasteiger partial charge in [-0.25, -0.2) is 0 Å². The first-order chi connectivity index (χ1) is 9.25. The van der Waals surface area contributed by atoms with Gasteiger partial charge in [-0.3, -0.25) is 9.59 Å². The maximum absolute atomic E-state index is 12.2. The summed E-state index contributed by atoms with van der Waals surface area (Å²) in [5.41, 5.74) is 1.77. The summed E-state index contributed by atoms with van der Waals surface area (Å²) in [6.07, 6.45) is 3.37. The number of benzene rings is 1. The van der Waals surface area contributed by atoms with Crippen LogP contribution in [0.25, 0.3) is 0 Å². The molecular formula is C15H18N2O2. The van der Waals surface area contributed by atoms with Gasteiger partial charge in [0.1, 0.15) is 6.54 Å². The van der Waals surface area contributed by atoms with E-state index in [2.05, 4.69) is 0 Å². The van der Waals surface area contributed by atoms with Crippen LogP contribution in [-0.2, 0) is 11.3 Å². The molecule has 0 aromatic heterocycles. The Balaban J connectivity index is 1.66. The minimum absolute atomic E-state index is 0.0130. The van der Waals surface area contributed by atoms with Crippen molar-refractivity contribution < 1.29 is 9.59 Å². The van der Waals surface area contributed by atoms with Crippen molar-refractivity contribution in [3.63, 3.8) is 0 Å². The van der Waals surface area contributed by atoms with Crippen molar-refractivity contribution in [2.45, 2.75) is 25.8 Å². The summed E-state index contributed by atoms with van der Waals surface area (Å²) in [7, 11) is 0. The Bertz CT molecular complexity index is 507. The summed E-state index contributed by atoms with van der Waals surface area (Å²) in [6.45, 7) is 2.46. The lowest BCUT2D eigenvalue weighted by Gasteiger charge is -2.28. The van der Waals surface area contributed by atoms with Gasteiger partial charge in [0.25, 0.3) is 5.91 Å². The molecule has 2 heterocycles. The Morgan fingerprint density at radius 2 is 1.84 bits per heavy atom. The number of hydrogen-bond donors (Lipinski definition) is 0. The Kier molecular flexibility index (Phi) is 3.23. The van der Waals surface area contributed by atoms with Crippen LogP contribution in [-0.4, -0.2) is 41.2 Å². The van der Waals surface area contributed by atoms with Crippen molar-refractivity contribution in [1.29, 1.82) is 0 Å². The second-order valence-corrected chi connectivity index (χ2v) is 5.26. The molecule has 0 radical (unpaired) electrons. The van der Waals surface area contributed by atoms with Crippen LogP contribution in [0.4, 0.5) is 0 Å². The minimum atomic E-state index is -0.0130. The lowest BCUT2D eigenvalue weighted by atomic mass is 10.1. The van der Waals surface area contributed by atoms with Crippen LogP contribution in [0.5, 0.6) is 0 Å². The van der Waals surface area contributed by atoms with E-state index in [-0.39, 0.29) is 18.4 Å². The van der Waals surface area contributed by atoms with Gasteiger partial charge in [-0.15, -0.1) is 0 Å². The van der Waals surface area contributed by atoms with E-state index in [1.54, 1.807) is 4.90 Å². The van der Waals surface area contributed by atoms with Crippen molar-refractivity contribution in [1.82, 2.24) is 9.80 Å². The van der Waals surface area contributed by atoms with Crippen LogP contribution in [0.2, 0.25) is 0 Å². The summed E-state index contributed by atoms with van der Waals surface area (Å²) >= 11 is 0. The Hall–Kier alpha value is -1.84. The third kappa shape index (κ3) is 2.35. The number of amides is 2. The van der Waals surface area contributed by atoms with Gasteiger partial charge in [-0.2, -0.15) is 0 Å². The summed E-state index contributed by atoms with van der Waals surface area (Å²) < 4.78 is 0. The predicted octanol–water partition coefficient (Wildman–Crippen LogP) is 1.65.